The Balaban J connectivity index is 2.24. The average molecular weight is 264 g/mol. The number of nitro benzene ring substituents is 1. The Bertz CT molecular complexity index is 444. The molecule has 104 valence electrons. The van der Waals surface area contributed by atoms with E-state index in [4.69, 9.17) is 0 Å². The Morgan fingerprint density at radius 1 is 1.26 bits per heavy atom. The molecule has 1 aromatic rings. The van der Waals surface area contributed by atoms with Gasteiger partial charge in [0.2, 0.25) is 0 Å². The fraction of sp³-hybridized carbons (Fsp3) is 0.538. The minimum atomic E-state index is -0.311. The van der Waals surface area contributed by atoms with Crippen molar-refractivity contribution >= 4 is 11.4 Å². The van der Waals surface area contributed by atoms with Gasteiger partial charge in [0, 0.05) is 38.8 Å². The zero-order valence-electron chi connectivity index (χ0n) is 11.5. The van der Waals surface area contributed by atoms with Gasteiger partial charge in [-0.2, -0.15) is 0 Å². The van der Waals surface area contributed by atoms with Gasteiger partial charge in [-0.15, -0.1) is 0 Å². The van der Waals surface area contributed by atoms with E-state index < -0.39 is 0 Å². The number of anilines is 1. The van der Waals surface area contributed by atoms with E-state index in [0.29, 0.717) is 5.69 Å². The van der Waals surface area contributed by atoms with Crippen molar-refractivity contribution in [3.05, 3.63) is 34.4 Å². The smallest absolute Gasteiger partial charge is 0.293 e. The van der Waals surface area contributed by atoms with E-state index >= 15 is 0 Å². The summed E-state index contributed by atoms with van der Waals surface area (Å²) in [7, 11) is 2.10. The van der Waals surface area contributed by atoms with Gasteiger partial charge in [-0.3, -0.25) is 15.1 Å². The molecule has 0 N–H and O–H groups in total. The molecule has 19 heavy (non-hydrogen) atoms. The van der Waals surface area contributed by atoms with Crippen LogP contribution in [0.5, 0.6) is 0 Å². The SMILES string of the molecule is CCN(c1ccccc1[N+](=O)[O-])N1CCN(C)CC1. The van der Waals surface area contributed by atoms with Crippen LogP contribution < -0.4 is 5.01 Å². The monoisotopic (exact) mass is 264 g/mol. The van der Waals surface area contributed by atoms with Crippen LogP contribution in [-0.2, 0) is 0 Å². The second kappa shape index (κ2) is 5.99. The molecule has 0 spiro atoms. The standard InChI is InChI=1S/C13H20N4O2/c1-3-16(15-10-8-14(2)9-11-15)12-6-4-5-7-13(12)17(18)19/h4-7H,3,8-11H2,1-2H3. The highest BCUT2D eigenvalue weighted by Crippen LogP contribution is 2.28. The number of hydrogen-bond donors (Lipinski definition) is 0. The first-order chi connectivity index (χ1) is 9.13. The fourth-order valence-corrected chi connectivity index (χ4v) is 2.40. The molecular weight excluding hydrogens is 244 g/mol. The second-order valence-electron chi connectivity index (χ2n) is 4.72. The summed E-state index contributed by atoms with van der Waals surface area (Å²) in [6.45, 7) is 6.52. The van der Waals surface area contributed by atoms with Crippen LogP contribution in [0.4, 0.5) is 11.4 Å². The van der Waals surface area contributed by atoms with Gasteiger partial charge in [0.25, 0.3) is 5.69 Å². The number of para-hydroxylation sites is 2. The third kappa shape index (κ3) is 3.02. The molecule has 1 heterocycles. The highest BCUT2D eigenvalue weighted by atomic mass is 16.6. The van der Waals surface area contributed by atoms with Crippen molar-refractivity contribution in [1.29, 1.82) is 0 Å². The maximum Gasteiger partial charge on any atom is 0.293 e. The first kappa shape index (κ1) is 13.8. The first-order valence-electron chi connectivity index (χ1n) is 6.58. The van der Waals surface area contributed by atoms with Gasteiger partial charge in [0.1, 0.15) is 5.69 Å². The Labute approximate surface area is 113 Å². The Hall–Kier alpha value is -1.66. The molecule has 1 aliphatic heterocycles. The topological polar surface area (TPSA) is 52.9 Å². The zero-order valence-corrected chi connectivity index (χ0v) is 11.5. The molecule has 0 saturated carbocycles. The van der Waals surface area contributed by atoms with Crippen molar-refractivity contribution < 1.29 is 4.92 Å². The first-order valence-corrected chi connectivity index (χ1v) is 6.58. The number of hydrazine groups is 1. The van der Waals surface area contributed by atoms with Gasteiger partial charge in [0.15, 0.2) is 0 Å². The van der Waals surface area contributed by atoms with Crippen LogP contribution in [0.25, 0.3) is 0 Å². The van der Waals surface area contributed by atoms with Crippen molar-refractivity contribution in [1.82, 2.24) is 9.91 Å². The summed E-state index contributed by atoms with van der Waals surface area (Å²) >= 11 is 0. The normalized spacial score (nSPS) is 17.4. The summed E-state index contributed by atoms with van der Waals surface area (Å²) in [6, 6.07) is 6.94. The van der Waals surface area contributed by atoms with E-state index in [2.05, 4.69) is 17.0 Å². The molecule has 6 heteroatoms. The van der Waals surface area contributed by atoms with Crippen molar-refractivity contribution in [3.63, 3.8) is 0 Å². The maximum absolute atomic E-state index is 11.1. The zero-order chi connectivity index (χ0) is 13.8. The van der Waals surface area contributed by atoms with E-state index in [1.165, 1.54) is 0 Å². The van der Waals surface area contributed by atoms with Crippen LogP contribution in [0.15, 0.2) is 24.3 Å². The lowest BCUT2D eigenvalue weighted by atomic mass is 10.2. The molecule has 0 aromatic heterocycles. The summed E-state index contributed by atoms with van der Waals surface area (Å²) < 4.78 is 0. The number of nitro groups is 1. The average Bonchev–Trinajstić information content (AvgIpc) is 2.42. The van der Waals surface area contributed by atoms with E-state index in [-0.39, 0.29) is 10.6 Å². The molecule has 2 rings (SSSR count). The number of benzene rings is 1. The lowest BCUT2D eigenvalue weighted by molar-refractivity contribution is -0.384. The number of piperazine rings is 1. The van der Waals surface area contributed by atoms with Crippen LogP contribution in [-0.4, -0.2) is 54.6 Å². The van der Waals surface area contributed by atoms with E-state index in [9.17, 15) is 10.1 Å². The third-order valence-corrected chi connectivity index (χ3v) is 3.48. The highest BCUT2D eigenvalue weighted by Gasteiger charge is 2.24. The van der Waals surface area contributed by atoms with Gasteiger partial charge in [-0.25, -0.2) is 5.01 Å². The third-order valence-electron chi connectivity index (χ3n) is 3.48. The summed E-state index contributed by atoms with van der Waals surface area (Å²) in [4.78, 5) is 13.1. The van der Waals surface area contributed by atoms with Crippen molar-refractivity contribution in [2.75, 3.05) is 44.8 Å². The minimum absolute atomic E-state index is 0.170. The van der Waals surface area contributed by atoms with Crippen LogP contribution in [0.2, 0.25) is 0 Å². The van der Waals surface area contributed by atoms with Crippen molar-refractivity contribution in [2.45, 2.75) is 6.92 Å². The molecule has 6 nitrogen and oxygen atoms in total. The van der Waals surface area contributed by atoms with Gasteiger partial charge in [0.05, 0.1) is 4.92 Å². The lowest BCUT2D eigenvalue weighted by Gasteiger charge is -2.40. The van der Waals surface area contributed by atoms with Gasteiger partial charge in [-0.1, -0.05) is 12.1 Å². The maximum atomic E-state index is 11.1. The summed E-state index contributed by atoms with van der Waals surface area (Å²) in [6.07, 6.45) is 0. The fourth-order valence-electron chi connectivity index (χ4n) is 2.40. The van der Waals surface area contributed by atoms with Crippen LogP contribution >= 0.6 is 0 Å². The second-order valence-corrected chi connectivity index (χ2v) is 4.72. The summed E-state index contributed by atoms with van der Waals surface area (Å²) in [5.41, 5.74) is 0.850. The van der Waals surface area contributed by atoms with Gasteiger partial charge < -0.3 is 4.90 Å². The summed E-state index contributed by atoms with van der Waals surface area (Å²) in [5, 5.41) is 15.3. The largest absolute Gasteiger partial charge is 0.304 e. The van der Waals surface area contributed by atoms with Crippen molar-refractivity contribution in [2.24, 2.45) is 0 Å². The number of likely N-dealkylation sites (N-methyl/N-ethyl adjacent to an activating group) is 1. The van der Waals surface area contributed by atoms with Crippen LogP contribution in [0, 0.1) is 10.1 Å². The quantitative estimate of drug-likeness (QED) is 0.610. The molecule has 1 saturated heterocycles. The van der Waals surface area contributed by atoms with E-state index in [0.717, 1.165) is 32.7 Å². The molecule has 0 unspecified atom stereocenters. The molecule has 1 aliphatic rings. The molecule has 1 aromatic carbocycles. The molecule has 0 aliphatic carbocycles. The number of rotatable bonds is 4. The molecule has 0 atom stereocenters. The predicted molar refractivity (Wildman–Crippen MR) is 75.2 cm³/mol. The molecule has 0 radical (unpaired) electrons. The highest BCUT2D eigenvalue weighted by molar-refractivity contribution is 5.62. The number of nitrogens with zero attached hydrogens (tertiary/aromatic N) is 4. The summed E-state index contributed by atoms with van der Waals surface area (Å²) in [5.74, 6) is 0. The Morgan fingerprint density at radius 3 is 2.47 bits per heavy atom. The van der Waals surface area contributed by atoms with Gasteiger partial charge >= 0.3 is 0 Å². The van der Waals surface area contributed by atoms with Crippen LogP contribution in [0.3, 0.4) is 0 Å². The van der Waals surface area contributed by atoms with Crippen LogP contribution in [0.1, 0.15) is 6.92 Å². The lowest BCUT2D eigenvalue weighted by Crippen LogP contribution is -2.53. The molecule has 0 bridgehead atoms. The predicted octanol–water partition coefficient (Wildman–Crippen LogP) is 1.58. The van der Waals surface area contributed by atoms with Gasteiger partial charge in [-0.05, 0) is 20.0 Å². The minimum Gasteiger partial charge on any atom is -0.304 e. The molecule has 0 amide bonds. The molecule has 1 fully saturated rings. The Morgan fingerprint density at radius 2 is 1.89 bits per heavy atom. The Kier molecular flexibility index (Phi) is 4.34. The van der Waals surface area contributed by atoms with E-state index in [1.807, 2.05) is 24.1 Å². The van der Waals surface area contributed by atoms with Crippen molar-refractivity contribution in [3.8, 4) is 0 Å². The molecular formula is C13H20N4O2. The number of hydrogen-bond acceptors (Lipinski definition) is 5. The van der Waals surface area contributed by atoms with E-state index in [1.54, 1.807) is 12.1 Å².